The van der Waals surface area contributed by atoms with Gasteiger partial charge in [0.25, 0.3) is 0 Å². The molecule has 1 rings (SSSR count). The number of anilines is 1. The van der Waals surface area contributed by atoms with Crippen LogP contribution in [0.5, 0.6) is 0 Å². The van der Waals surface area contributed by atoms with Crippen LogP contribution in [0.2, 0.25) is 0 Å². The summed E-state index contributed by atoms with van der Waals surface area (Å²) in [6.45, 7) is 2.86. The molecule has 0 aliphatic carbocycles. The number of halogens is 1. The normalized spacial score (nSPS) is 9.64. The van der Waals surface area contributed by atoms with E-state index in [-0.39, 0.29) is 11.7 Å². The Labute approximate surface area is 95.2 Å². The summed E-state index contributed by atoms with van der Waals surface area (Å²) in [5.74, 6) is -0.281. The first-order chi connectivity index (χ1) is 6.49. The molecule has 0 radical (unpaired) electrons. The van der Waals surface area contributed by atoms with E-state index >= 15 is 0 Å². The number of aromatic nitrogens is 1. The third kappa shape index (κ3) is 3.06. The van der Waals surface area contributed by atoms with Gasteiger partial charge in [0.2, 0.25) is 5.91 Å². The van der Waals surface area contributed by atoms with Gasteiger partial charge in [-0.3, -0.25) is 9.59 Å². The Bertz CT molecular complexity index is 390. The topological polar surface area (TPSA) is 59.1 Å². The molecule has 1 aromatic rings. The third-order valence-corrected chi connectivity index (χ3v) is 2.03. The fourth-order valence-electron chi connectivity index (χ4n) is 0.953. The van der Waals surface area contributed by atoms with Gasteiger partial charge in [0.15, 0.2) is 5.78 Å². The highest BCUT2D eigenvalue weighted by Gasteiger charge is 2.05. The molecule has 14 heavy (non-hydrogen) atoms. The Morgan fingerprint density at radius 1 is 1.36 bits per heavy atom. The molecule has 0 bridgehead atoms. The Kier molecular flexibility index (Phi) is 3.56. The van der Waals surface area contributed by atoms with Gasteiger partial charge in [0.05, 0.1) is 0 Å². The zero-order valence-corrected chi connectivity index (χ0v) is 9.95. The van der Waals surface area contributed by atoms with Crippen molar-refractivity contribution in [3.05, 3.63) is 21.5 Å². The van der Waals surface area contributed by atoms with Gasteiger partial charge in [-0.25, -0.2) is 4.98 Å². The molecule has 0 saturated carbocycles. The average molecular weight is 304 g/mol. The maximum absolute atomic E-state index is 11.1. The highest BCUT2D eigenvalue weighted by atomic mass is 127. The number of hydrogen-bond donors (Lipinski definition) is 1. The Hall–Kier alpha value is -0.980. The van der Waals surface area contributed by atoms with Gasteiger partial charge in [0, 0.05) is 19.5 Å². The molecule has 74 valence electrons. The number of hydrogen-bond acceptors (Lipinski definition) is 3. The van der Waals surface area contributed by atoms with Gasteiger partial charge < -0.3 is 5.32 Å². The van der Waals surface area contributed by atoms with E-state index in [9.17, 15) is 9.59 Å². The molecule has 4 nitrogen and oxygen atoms in total. The van der Waals surface area contributed by atoms with E-state index in [2.05, 4.69) is 10.3 Å². The number of rotatable bonds is 2. The fraction of sp³-hybridized carbons (Fsp3) is 0.222. The Balaban J connectivity index is 3.07. The first-order valence-electron chi connectivity index (χ1n) is 3.95. The van der Waals surface area contributed by atoms with Gasteiger partial charge in [0.1, 0.15) is 9.39 Å². The fourth-order valence-corrected chi connectivity index (χ4v) is 1.55. The molecule has 0 unspecified atom stereocenters. The molecule has 1 aromatic heterocycles. The molecule has 1 amide bonds. The second-order valence-electron chi connectivity index (χ2n) is 2.80. The van der Waals surface area contributed by atoms with Gasteiger partial charge in [-0.2, -0.15) is 0 Å². The van der Waals surface area contributed by atoms with Gasteiger partial charge in [-0.15, -0.1) is 0 Å². The predicted molar refractivity (Wildman–Crippen MR) is 61.3 cm³/mol. The molecule has 1 N–H and O–H groups in total. The zero-order chi connectivity index (χ0) is 10.7. The number of pyridine rings is 1. The second kappa shape index (κ2) is 4.50. The number of carbonyl (C=O) groups excluding carboxylic acids is 2. The molecular formula is C9H9IN2O2. The lowest BCUT2D eigenvalue weighted by Gasteiger charge is -2.04. The third-order valence-electron chi connectivity index (χ3n) is 1.48. The average Bonchev–Trinajstić information content (AvgIpc) is 2.01. The smallest absolute Gasteiger partial charge is 0.221 e. The van der Waals surface area contributed by atoms with Crippen LogP contribution in [0.3, 0.4) is 0 Å². The molecule has 1 heterocycles. The molecule has 0 spiro atoms. The van der Waals surface area contributed by atoms with Crippen molar-refractivity contribution in [2.24, 2.45) is 0 Å². The van der Waals surface area contributed by atoms with Crippen molar-refractivity contribution >= 4 is 40.0 Å². The minimum absolute atomic E-state index is 0.116. The first kappa shape index (κ1) is 11.1. The van der Waals surface area contributed by atoms with Crippen molar-refractivity contribution < 1.29 is 9.59 Å². The number of ketones is 1. The van der Waals surface area contributed by atoms with Crippen LogP contribution in [-0.2, 0) is 4.79 Å². The minimum Gasteiger partial charge on any atom is -0.326 e. The largest absolute Gasteiger partial charge is 0.326 e. The van der Waals surface area contributed by atoms with Crippen molar-refractivity contribution in [2.45, 2.75) is 13.8 Å². The van der Waals surface area contributed by atoms with Crippen LogP contribution in [-0.4, -0.2) is 16.7 Å². The predicted octanol–water partition coefficient (Wildman–Crippen LogP) is 1.85. The van der Waals surface area contributed by atoms with Crippen LogP contribution >= 0.6 is 22.6 Å². The summed E-state index contributed by atoms with van der Waals surface area (Å²) >= 11 is 2.00. The number of carbonyl (C=O) groups is 2. The number of nitrogens with one attached hydrogen (secondary N) is 1. The van der Waals surface area contributed by atoms with Crippen LogP contribution < -0.4 is 5.32 Å². The van der Waals surface area contributed by atoms with Crippen LogP contribution in [0.1, 0.15) is 24.3 Å². The van der Waals surface area contributed by atoms with E-state index in [1.165, 1.54) is 13.8 Å². The monoisotopic (exact) mass is 304 g/mol. The molecule has 0 saturated heterocycles. The van der Waals surface area contributed by atoms with E-state index < -0.39 is 0 Å². The van der Waals surface area contributed by atoms with Crippen molar-refractivity contribution in [3.63, 3.8) is 0 Å². The van der Waals surface area contributed by atoms with Crippen LogP contribution in [0.15, 0.2) is 12.1 Å². The second-order valence-corrected chi connectivity index (χ2v) is 3.91. The molecule has 0 atom stereocenters. The van der Waals surface area contributed by atoms with Crippen LogP contribution in [0.4, 0.5) is 5.69 Å². The van der Waals surface area contributed by atoms with Crippen molar-refractivity contribution in [3.8, 4) is 0 Å². The Morgan fingerprint density at radius 3 is 2.50 bits per heavy atom. The van der Waals surface area contributed by atoms with Gasteiger partial charge >= 0.3 is 0 Å². The molecule has 0 aliphatic rings. The molecule has 0 aliphatic heterocycles. The quantitative estimate of drug-likeness (QED) is 0.515. The summed E-state index contributed by atoms with van der Waals surface area (Å²) in [6.07, 6.45) is 0. The van der Waals surface area contributed by atoms with E-state index in [1.54, 1.807) is 12.1 Å². The summed E-state index contributed by atoms with van der Waals surface area (Å²) in [4.78, 5) is 25.9. The minimum atomic E-state index is -0.165. The highest BCUT2D eigenvalue weighted by molar-refractivity contribution is 14.1. The molecule has 0 fully saturated rings. The van der Waals surface area contributed by atoms with E-state index in [1.807, 2.05) is 22.6 Å². The SMILES string of the molecule is CC(=O)Nc1cc(I)nc(C(C)=O)c1. The maximum Gasteiger partial charge on any atom is 0.221 e. The van der Waals surface area contributed by atoms with Crippen LogP contribution in [0.25, 0.3) is 0 Å². The zero-order valence-electron chi connectivity index (χ0n) is 7.80. The molecule has 5 heteroatoms. The summed E-state index contributed by atoms with van der Waals surface area (Å²) in [7, 11) is 0. The van der Waals surface area contributed by atoms with Gasteiger partial charge in [-0.05, 0) is 34.7 Å². The number of Topliss-reactive ketones (excluding diaryl/α,β-unsaturated/α-hetero) is 1. The van der Waals surface area contributed by atoms with Crippen molar-refractivity contribution in [1.29, 1.82) is 0 Å². The Morgan fingerprint density at radius 2 is 2.00 bits per heavy atom. The summed E-state index contributed by atoms with van der Waals surface area (Å²) in [6, 6.07) is 3.26. The summed E-state index contributed by atoms with van der Waals surface area (Å²) in [5, 5.41) is 2.60. The van der Waals surface area contributed by atoms with E-state index in [0.29, 0.717) is 15.1 Å². The van der Waals surface area contributed by atoms with Crippen molar-refractivity contribution in [1.82, 2.24) is 4.98 Å². The van der Waals surface area contributed by atoms with Gasteiger partial charge in [-0.1, -0.05) is 0 Å². The maximum atomic E-state index is 11.1. The number of nitrogens with zero attached hydrogens (tertiary/aromatic N) is 1. The van der Waals surface area contributed by atoms with E-state index in [0.717, 1.165) is 0 Å². The lowest BCUT2D eigenvalue weighted by molar-refractivity contribution is -0.114. The number of amides is 1. The lowest BCUT2D eigenvalue weighted by atomic mass is 10.2. The molecule has 0 aromatic carbocycles. The first-order valence-corrected chi connectivity index (χ1v) is 5.03. The van der Waals surface area contributed by atoms with Crippen LogP contribution in [0, 0.1) is 3.70 Å². The molecular weight excluding hydrogens is 295 g/mol. The summed E-state index contributed by atoms with van der Waals surface area (Å²) < 4.78 is 0.680. The standard InChI is InChI=1S/C9H9IN2O2/c1-5(13)8-3-7(11-6(2)14)4-9(10)12-8/h3-4H,1-2H3,(H,11,12,14). The lowest BCUT2D eigenvalue weighted by Crippen LogP contribution is -2.08. The highest BCUT2D eigenvalue weighted by Crippen LogP contribution is 2.13. The van der Waals surface area contributed by atoms with Crippen molar-refractivity contribution in [2.75, 3.05) is 5.32 Å². The van der Waals surface area contributed by atoms with E-state index in [4.69, 9.17) is 0 Å². The summed E-state index contributed by atoms with van der Waals surface area (Å²) in [5.41, 5.74) is 0.961.